The summed E-state index contributed by atoms with van der Waals surface area (Å²) in [5, 5.41) is 0. The normalized spacial score (nSPS) is 11.9. The number of benzene rings is 1. The van der Waals surface area contributed by atoms with Crippen molar-refractivity contribution in [1.82, 2.24) is 4.90 Å². The van der Waals surface area contributed by atoms with Crippen molar-refractivity contribution in [3.63, 3.8) is 0 Å². The van der Waals surface area contributed by atoms with E-state index in [1.54, 1.807) is 12.1 Å². The van der Waals surface area contributed by atoms with Crippen LogP contribution in [0.2, 0.25) is 0 Å². The number of ketones is 1. The first kappa shape index (κ1) is 16.8. The molecule has 0 fully saturated rings. The molecule has 1 aromatic carbocycles. The standard InChI is InChI=1S/C17H26FNO/c1-6-17(7-2,19(8-3)9-4)16(20)14-12-13(5)10-11-15(14)18/h10-12H,6-9H2,1-5H3. The summed E-state index contributed by atoms with van der Waals surface area (Å²) in [6.07, 6.45) is 1.38. The highest BCUT2D eigenvalue weighted by Gasteiger charge is 2.40. The molecule has 112 valence electrons. The van der Waals surface area contributed by atoms with E-state index in [-0.39, 0.29) is 11.3 Å². The molecule has 0 saturated carbocycles. The van der Waals surface area contributed by atoms with Crippen LogP contribution in [0, 0.1) is 12.7 Å². The molecule has 0 bridgehead atoms. The monoisotopic (exact) mass is 279 g/mol. The molecule has 0 spiro atoms. The van der Waals surface area contributed by atoms with Gasteiger partial charge in [-0.3, -0.25) is 9.69 Å². The summed E-state index contributed by atoms with van der Waals surface area (Å²) in [6, 6.07) is 4.76. The van der Waals surface area contributed by atoms with Gasteiger partial charge in [-0.15, -0.1) is 0 Å². The van der Waals surface area contributed by atoms with Gasteiger partial charge in [-0.1, -0.05) is 39.3 Å². The highest BCUT2D eigenvalue weighted by Crippen LogP contribution is 2.29. The average molecular weight is 279 g/mol. The van der Waals surface area contributed by atoms with Gasteiger partial charge in [-0.25, -0.2) is 4.39 Å². The summed E-state index contributed by atoms with van der Waals surface area (Å²) in [6.45, 7) is 11.6. The lowest BCUT2D eigenvalue weighted by molar-refractivity contribution is 0.0530. The molecule has 0 amide bonds. The van der Waals surface area contributed by atoms with Crippen molar-refractivity contribution in [2.45, 2.75) is 53.0 Å². The minimum Gasteiger partial charge on any atom is -0.292 e. The number of rotatable bonds is 7. The molecule has 2 nitrogen and oxygen atoms in total. The summed E-state index contributed by atoms with van der Waals surface area (Å²) in [4.78, 5) is 15.1. The first-order valence-electron chi connectivity index (χ1n) is 7.52. The number of hydrogen-bond acceptors (Lipinski definition) is 2. The largest absolute Gasteiger partial charge is 0.292 e. The number of Topliss-reactive ketones (excluding diaryl/α,β-unsaturated/α-hetero) is 1. The topological polar surface area (TPSA) is 20.3 Å². The van der Waals surface area contributed by atoms with E-state index < -0.39 is 11.4 Å². The molecule has 0 aliphatic rings. The Morgan fingerprint density at radius 1 is 1.15 bits per heavy atom. The fraction of sp³-hybridized carbons (Fsp3) is 0.588. The summed E-state index contributed by atoms with van der Waals surface area (Å²) in [7, 11) is 0. The third-order valence-corrected chi connectivity index (χ3v) is 4.33. The van der Waals surface area contributed by atoms with Gasteiger partial charge in [0.1, 0.15) is 5.82 Å². The molecule has 1 rings (SSSR count). The van der Waals surface area contributed by atoms with Crippen LogP contribution in [0.15, 0.2) is 18.2 Å². The van der Waals surface area contributed by atoms with Gasteiger partial charge < -0.3 is 0 Å². The molecular formula is C17H26FNO. The molecule has 1 aromatic rings. The van der Waals surface area contributed by atoms with Crippen LogP contribution in [0.4, 0.5) is 4.39 Å². The van der Waals surface area contributed by atoms with Crippen molar-refractivity contribution in [2.75, 3.05) is 13.1 Å². The van der Waals surface area contributed by atoms with Crippen LogP contribution in [0.5, 0.6) is 0 Å². The van der Waals surface area contributed by atoms with Crippen LogP contribution < -0.4 is 0 Å². The van der Waals surface area contributed by atoms with E-state index in [0.29, 0.717) is 12.8 Å². The van der Waals surface area contributed by atoms with E-state index >= 15 is 0 Å². The SMILES string of the molecule is CCN(CC)C(CC)(CC)C(=O)c1cc(C)ccc1F. The molecule has 0 N–H and O–H groups in total. The molecule has 20 heavy (non-hydrogen) atoms. The van der Waals surface area contributed by atoms with Crippen molar-refractivity contribution in [3.05, 3.63) is 35.1 Å². The van der Waals surface area contributed by atoms with Crippen LogP contribution in [-0.4, -0.2) is 29.3 Å². The smallest absolute Gasteiger partial charge is 0.185 e. The molecule has 0 saturated heterocycles. The number of carbonyl (C=O) groups excluding carboxylic acids is 1. The zero-order valence-electron chi connectivity index (χ0n) is 13.3. The maximum Gasteiger partial charge on any atom is 0.185 e. The van der Waals surface area contributed by atoms with E-state index in [0.717, 1.165) is 18.7 Å². The first-order valence-corrected chi connectivity index (χ1v) is 7.52. The van der Waals surface area contributed by atoms with Gasteiger partial charge in [-0.2, -0.15) is 0 Å². The highest BCUT2D eigenvalue weighted by atomic mass is 19.1. The number of nitrogens with zero attached hydrogens (tertiary/aromatic N) is 1. The van der Waals surface area contributed by atoms with Gasteiger partial charge in [0.25, 0.3) is 0 Å². The minimum atomic E-state index is -0.599. The second-order valence-corrected chi connectivity index (χ2v) is 5.22. The van der Waals surface area contributed by atoms with Gasteiger partial charge in [0.15, 0.2) is 5.78 Å². The minimum absolute atomic E-state index is 0.0904. The zero-order valence-corrected chi connectivity index (χ0v) is 13.3. The average Bonchev–Trinajstić information content (AvgIpc) is 2.46. The molecule has 3 heteroatoms. The Morgan fingerprint density at radius 3 is 2.15 bits per heavy atom. The Labute approximate surface area is 122 Å². The second kappa shape index (κ2) is 6.98. The van der Waals surface area contributed by atoms with Crippen LogP contribution >= 0.6 is 0 Å². The van der Waals surface area contributed by atoms with E-state index in [2.05, 4.69) is 4.90 Å². The third-order valence-electron chi connectivity index (χ3n) is 4.33. The molecule has 0 radical (unpaired) electrons. The van der Waals surface area contributed by atoms with Gasteiger partial charge in [-0.05, 0) is 45.0 Å². The Bertz CT molecular complexity index is 462. The Morgan fingerprint density at radius 2 is 1.70 bits per heavy atom. The number of aryl methyl sites for hydroxylation is 1. The lowest BCUT2D eigenvalue weighted by atomic mass is 9.82. The Hall–Kier alpha value is -1.22. The van der Waals surface area contributed by atoms with E-state index in [1.165, 1.54) is 6.07 Å². The Balaban J connectivity index is 3.34. The molecule has 0 unspecified atom stereocenters. The van der Waals surface area contributed by atoms with E-state index in [4.69, 9.17) is 0 Å². The third kappa shape index (κ3) is 2.93. The molecular weight excluding hydrogens is 253 g/mol. The maximum absolute atomic E-state index is 14.1. The maximum atomic E-state index is 14.1. The number of halogens is 1. The van der Waals surface area contributed by atoms with Crippen molar-refractivity contribution in [2.24, 2.45) is 0 Å². The number of likely N-dealkylation sites (N-methyl/N-ethyl adjacent to an activating group) is 1. The molecule has 0 atom stereocenters. The quantitative estimate of drug-likeness (QED) is 0.697. The van der Waals surface area contributed by atoms with Crippen molar-refractivity contribution in [1.29, 1.82) is 0 Å². The van der Waals surface area contributed by atoms with Crippen molar-refractivity contribution < 1.29 is 9.18 Å². The van der Waals surface area contributed by atoms with Gasteiger partial charge in [0.2, 0.25) is 0 Å². The van der Waals surface area contributed by atoms with Crippen LogP contribution in [0.25, 0.3) is 0 Å². The van der Waals surface area contributed by atoms with Crippen LogP contribution in [0.1, 0.15) is 56.5 Å². The first-order chi connectivity index (χ1) is 9.46. The Kier molecular flexibility index (Phi) is 5.88. The number of carbonyl (C=O) groups is 1. The van der Waals surface area contributed by atoms with Gasteiger partial charge in [0, 0.05) is 0 Å². The zero-order chi connectivity index (χ0) is 15.3. The number of hydrogen-bond donors (Lipinski definition) is 0. The lowest BCUT2D eigenvalue weighted by Gasteiger charge is -2.41. The van der Waals surface area contributed by atoms with Crippen LogP contribution in [-0.2, 0) is 0 Å². The summed E-state index contributed by atoms with van der Waals surface area (Å²) in [5.41, 5.74) is 0.536. The summed E-state index contributed by atoms with van der Waals surface area (Å²) in [5.74, 6) is -0.508. The van der Waals surface area contributed by atoms with Crippen molar-refractivity contribution in [3.8, 4) is 0 Å². The summed E-state index contributed by atoms with van der Waals surface area (Å²) >= 11 is 0. The molecule has 0 aromatic heterocycles. The summed E-state index contributed by atoms with van der Waals surface area (Å²) < 4.78 is 14.1. The fourth-order valence-electron chi connectivity index (χ4n) is 3.05. The van der Waals surface area contributed by atoms with Gasteiger partial charge in [0.05, 0.1) is 11.1 Å². The van der Waals surface area contributed by atoms with E-state index in [9.17, 15) is 9.18 Å². The van der Waals surface area contributed by atoms with Crippen molar-refractivity contribution >= 4 is 5.78 Å². The lowest BCUT2D eigenvalue weighted by Crippen LogP contribution is -2.54. The van der Waals surface area contributed by atoms with Crippen LogP contribution in [0.3, 0.4) is 0 Å². The predicted octanol–water partition coefficient (Wildman–Crippen LogP) is 4.22. The molecule has 0 aliphatic heterocycles. The molecule has 0 aliphatic carbocycles. The van der Waals surface area contributed by atoms with E-state index in [1.807, 2.05) is 34.6 Å². The predicted molar refractivity (Wildman–Crippen MR) is 81.7 cm³/mol. The highest BCUT2D eigenvalue weighted by molar-refractivity contribution is 6.03. The fourth-order valence-corrected chi connectivity index (χ4v) is 3.05. The second-order valence-electron chi connectivity index (χ2n) is 5.22. The van der Waals surface area contributed by atoms with Gasteiger partial charge >= 0.3 is 0 Å². The molecule has 0 heterocycles.